The first-order valence-corrected chi connectivity index (χ1v) is 3.75. The van der Waals surface area contributed by atoms with E-state index in [0.717, 1.165) is 0 Å². The maximum absolute atomic E-state index is 11.3. The van der Waals surface area contributed by atoms with Crippen LogP contribution in [0.1, 0.15) is 6.04 Å². The van der Waals surface area contributed by atoms with Gasteiger partial charge in [-0.05, 0) is 6.07 Å². The zero-order valence-electron chi connectivity index (χ0n) is 6.68. The fourth-order valence-corrected chi connectivity index (χ4v) is 1.29. The maximum atomic E-state index is 11.3. The van der Waals surface area contributed by atoms with Gasteiger partial charge in [-0.15, -0.1) is 0 Å². The third-order valence-corrected chi connectivity index (χ3v) is 1.89. The Hall–Kier alpha value is -1.91. The van der Waals surface area contributed by atoms with E-state index in [1.165, 1.54) is 16.8 Å². The second kappa shape index (κ2) is 2.55. The smallest absolute Gasteiger partial charge is 0.253 e. The molecule has 1 aromatic rings. The summed E-state index contributed by atoms with van der Waals surface area (Å²) >= 11 is 0. The van der Waals surface area contributed by atoms with Crippen LogP contribution in [0.5, 0.6) is 0 Å². The first kappa shape index (κ1) is 7.72. The fourth-order valence-electron chi connectivity index (χ4n) is 1.29. The van der Waals surface area contributed by atoms with Crippen molar-refractivity contribution in [2.45, 2.75) is 6.04 Å². The summed E-state index contributed by atoms with van der Waals surface area (Å²) in [5.74, 6) is -0.105. The summed E-state index contributed by atoms with van der Waals surface area (Å²) in [7, 11) is 0. The van der Waals surface area contributed by atoms with E-state index >= 15 is 0 Å². The number of nitrogens with zero attached hydrogens (tertiary/aromatic N) is 2. The van der Waals surface area contributed by atoms with E-state index in [9.17, 15) is 9.59 Å². The number of rotatable bonds is 1. The highest BCUT2D eigenvalue weighted by Crippen LogP contribution is 2.19. The van der Waals surface area contributed by atoms with E-state index in [1.807, 2.05) is 0 Å². The highest BCUT2D eigenvalue weighted by atomic mass is 16.2. The Morgan fingerprint density at radius 2 is 2.31 bits per heavy atom. The number of primary amides is 1. The molecule has 0 bridgehead atoms. The van der Waals surface area contributed by atoms with Crippen molar-refractivity contribution in [2.75, 3.05) is 0 Å². The number of aromatic nitrogens is 1. The van der Waals surface area contributed by atoms with Gasteiger partial charge in [0.1, 0.15) is 5.82 Å². The number of fused-ring (bicyclic) bond motifs is 1. The van der Waals surface area contributed by atoms with Crippen molar-refractivity contribution >= 4 is 17.9 Å². The van der Waals surface area contributed by atoms with Crippen molar-refractivity contribution < 1.29 is 4.79 Å². The van der Waals surface area contributed by atoms with Crippen molar-refractivity contribution in [3.8, 4) is 0 Å². The summed E-state index contributed by atoms with van der Waals surface area (Å²) in [6.45, 7) is 0. The van der Waals surface area contributed by atoms with Gasteiger partial charge >= 0.3 is 0 Å². The van der Waals surface area contributed by atoms with Crippen LogP contribution in [0.4, 0.5) is 5.82 Å². The molecule has 1 aliphatic rings. The third kappa shape index (κ3) is 1.05. The second-order valence-electron chi connectivity index (χ2n) is 2.72. The fraction of sp³-hybridized carbons (Fsp3) is 0.125. The Morgan fingerprint density at radius 3 is 3.00 bits per heavy atom. The molecule has 2 N–H and O–H groups in total. The van der Waals surface area contributed by atoms with Crippen molar-refractivity contribution in [3.63, 3.8) is 0 Å². The van der Waals surface area contributed by atoms with Crippen molar-refractivity contribution in [1.29, 1.82) is 0 Å². The molecule has 0 radical (unpaired) electrons. The molecule has 1 aliphatic heterocycles. The molecular weight excluding hydrogens is 170 g/mol. The quantitative estimate of drug-likeness (QED) is 0.633. The molecule has 1 amide bonds. The summed E-state index contributed by atoms with van der Waals surface area (Å²) < 4.78 is 1.27. The molecule has 0 saturated carbocycles. The van der Waals surface area contributed by atoms with E-state index in [0.29, 0.717) is 5.82 Å². The molecule has 2 heterocycles. The lowest BCUT2D eigenvalue weighted by Crippen LogP contribution is -2.31. The normalized spacial score (nSPS) is 18.6. The molecule has 0 spiro atoms. The van der Waals surface area contributed by atoms with Crippen LogP contribution in [0, 0.1) is 0 Å². The molecule has 1 aromatic heterocycles. The van der Waals surface area contributed by atoms with Crippen molar-refractivity contribution in [2.24, 2.45) is 10.7 Å². The molecule has 0 aliphatic carbocycles. The van der Waals surface area contributed by atoms with Gasteiger partial charge in [0, 0.05) is 12.3 Å². The van der Waals surface area contributed by atoms with Gasteiger partial charge in [0.25, 0.3) is 5.56 Å². The van der Waals surface area contributed by atoms with Crippen LogP contribution in [0.15, 0.2) is 28.0 Å². The van der Waals surface area contributed by atoms with Gasteiger partial charge in [-0.2, -0.15) is 0 Å². The van der Waals surface area contributed by atoms with E-state index in [-0.39, 0.29) is 5.56 Å². The van der Waals surface area contributed by atoms with E-state index in [1.54, 1.807) is 12.1 Å². The van der Waals surface area contributed by atoms with Gasteiger partial charge in [0.15, 0.2) is 6.04 Å². The average Bonchev–Trinajstić information content (AvgIpc) is 2.49. The van der Waals surface area contributed by atoms with Crippen LogP contribution in [0.2, 0.25) is 0 Å². The number of carbonyl (C=O) groups is 1. The van der Waals surface area contributed by atoms with Crippen LogP contribution in [-0.2, 0) is 4.79 Å². The van der Waals surface area contributed by atoms with E-state index in [4.69, 9.17) is 5.73 Å². The van der Waals surface area contributed by atoms with E-state index in [2.05, 4.69) is 4.99 Å². The molecule has 13 heavy (non-hydrogen) atoms. The number of carbonyl (C=O) groups excluding carboxylic acids is 1. The van der Waals surface area contributed by atoms with Gasteiger partial charge in [0.05, 0.1) is 0 Å². The zero-order chi connectivity index (χ0) is 9.42. The van der Waals surface area contributed by atoms with Crippen molar-refractivity contribution in [1.82, 2.24) is 4.57 Å². The number of hydrogen-bond donors (Lipinski definition) is 1. The molecular formula is C8H7N3O2. The lowest BCUT2D eigenvalue weighted by molar-refractivity contribution is -0.119. The Morgan fingerprint density at radius 1 is 1.54 bits per heavy atom. The van der Waals surface area contributed by atoms with Gasteiger partial charge in [-0.1, -0.05) is 6.07 Å². The monoisotopic (exact) mass is 177 g/mol. The topological polar surface area (TPSA) is 77.5 Å². The van der Waals surface area contributed by atoms with E-state index < -0.39 is 11.9 Å². The largest absolute Gasteiger partial charge is 0.368 e. The van der Waals surface area contributed by atoms with Crippen LogP contribution in [0.25, 0.3) is 0 Å². The number of amides is 1. The SMILES string of the molecule is NC(=O)C1C=Nc2cccc(=O)n21. The van der Waals surface area contributed by atoms with Crippen LogP contribution in [-0.4, -0.2) is 16.7 Å². The summed E-state index contributed by atoms with van der Waals surface area (Å²) in [4.78, 5) is 26.1. The minimum atomic E-state index is -0.733. The summed E-state index contributed by atoms with van der Waals surface area (Å²) in [6.07, 6.45) is 1.37. The molecule has 1 unspecified atom stereocenters. The lowest BCUT2D eigenvalue weighted by Gasteiger charge is -2.06. The Bertz CT molecular complexity index is 447. The maximum Gasteiger partial charge on any atom is 0.253 e. The Kier molecular flexibility index (Phi) is 1.51. The van der Waals surface area contributed by atoms with Gasteiger partial charge in [-0.3, -0.25) is 14.2 Å². The van der Waals surface area contributed by atoms with Crippen LogP contribution < -0.4 is 11.3 Å². The number of aliphatic imine (C=N–C) groups is 1. The average molecular weight is 177 g/mol. The minimum Gasteiger partial charge on any atom is -0.368 e. The first-order valence-electron chi connectivity index (χ1n) is 3.75. The second-order valence-corrected chi connectivity index (χ2v) is 2.72. The molecule has 5 heteroatoms. The summed E-state index contributed by atoms with van der Waals surface area (Å²) in [5, 5.41) is 0. The standard InChI is InChI=1S/C8H7N3O2/c9-8(13)5-4-10-6-2-1-3-7(12)11(5)6/h1-5H,(H2,9,13). The molecule has 66 valence electrons. The van der Waals surface area contributed by atoms with Crippen molar-refractivity contribution in [3.05, 3.63) is 28.6 Å². The number of nitrogens with two attached hydrogens (primary N) is 1. The summed E-state index contributed by atoms with van der Waals surface area (Å²) in [5.41, 5.74) is 4.83. The van der Waals surface area contributed by atoms with Gasteiger partial charge < -0.3 is 5.73 Å². The number of pyridine rings is 1. The van der Waals surface area contributed by atoms with Crippen LogP contribution in [0.3, 0.4) is 0 Å². The first-order chi connectivity index (χ1) is 6.20. The third-order valence-electron chi connectivity index (χ3n) is 1.89. The van der Waals surface area contributed by atoms with Gasteiger partial charge in [0.2, 0.25) is 5.91 Å². The summed E-state index contributed by atoms with van der Waals surface area (Å²) in [6, 6.07) is 3.88. The molecule has 1 atom stereocenters. The molecule has 5 nitrogen and oxygen atoms in total. The predicted octanol–water partition coefficient (Wildman–Crippen LogP) is -0.409. The minimum absolute atomic E-state index is 0.265. The predicted molar refractivity (Wildman–Crippen MR) is 47.1 cm³/mol. The Balaban J connectivity index is 2.64. The molecule has 2 rings (SSSR count). The Labute approximate surface area is 73.5 Å². The number of hydrogen-bond acceptors (Lipinski definition) is 3. The highest BCUT2D eigenvalue weighted by Gasteiger charge is 2.23. The highest BCUT2D eigenvalue weighted by molar-refractivity contribution is 5.97. The molecule has 0 saturated heterocycles. The zero-order valence-corrected chi connectivity index (χ0v) is 6.68. The molecule has 0 fully saturated rings. The van der Waals surface area contributed by atoms with Crippen LogP contribution >= 0.6 is 0 Å². The van der Waals surface area contributed by atoms with Gasteiger partial charge in [-0.25, -0.2) is 4.99 Å². The molecule has 0 aromatic carbocycles. The lowest BCUT2D eigenvalue weighted by atomic mass is 10.3.